The number of rotatable bonds is 9. The Morgan fingerprint density at radius 1 is 1.12 bits per heavy atom. The highest BCUT2D eigenvalue weighted by molar-refractivity contribution is 6.74. The van der Waals surface area contributed by atoms with Crippen LogP contribution in [0.1, 0.15) is 51.3 Å². The van der Waals surface area contributed by atoms with Crippen molar-refractivity contribution in [1.82, 2.24) is 0 Å². The molecule has 186 valence electrons. The summed E-state index contributed by atoms with van der Waals surface area (Å²) in [5.41, 5.74) is 1.36. The van der Waals surface area contributed by atoms with Crippen LogP contribution in [0, 0.1) is 12.3 Å². The van der Waals surface area contributed by atoms with Crippen LogP contribution < -0.4 is 14.2 Å². The lowest BCUT2D eigenvalue weighted by Crippen LogP contribution is -2.44. The lowest BCUT2D eigenvalue weighted by Gasteiger charge is -2.39. The van der Waals surface area contributed by atoms with E-state index in [0.717, 1.165) is 0 Å². The normalized spacial score (nSPS) is 20.8. The molecule has 0 spiro atoms. The first-order chi connectivity index (χ1) is 15.1. The van der Waals surface area contributed by atoms with Crippen LogP contribution in [-0.4, -0.2) is 53.4 Å². The second-order valence-electron chi connectivity index (χ2n) is 10.5. The van der Waals surface area contributed by atoms with E-state index in [4.69, 9.17) is 23.4 Å². The molecule has 2 rings (SSSR count). The standard InChI is InChI=1S/C25H40O7Si/c1-15-21(28-7)20(17(12-19(26)27)23(30-9)22(15)29-8)18-13-25(6,16(2)32-18)14-31-33(10,11)24(3,4)5/h13,16H,12,14H2,1-11H3,(H,26,27)/t16-,25+/m1/s1. The molecule has 7 nitrogen and oxygen atoms in total. The minimum atomic E-state index is -1.96. The highest BCUT2D eigenvalue weighted by atomic mass is 28.4. The molecule has 0 radical (unpaired) electrons. The maximum absolute atomic E-state index is 11.8. The van der Waals surface area contributed by atoms with E-state index >= 15 is 0 Å². The van der Waals surface area contributed by atoms with Crippen LogP contribution in [0.4, 0.5) is 0 Å². The molecule has 1 aromatic rings. The number of methoxy groups -OCH3 is 3. The molecule has 0 fully saturated rings. The van der Waals surface area contributed by atoms with Gasteiger partial charge in [-0.2, -0.15) is 0 Å². The quantitative estimate of drug-likeness (QED) is 0.471. The summed E-state index contributed by atoms with van der Waals surface area (Å²) >= 11 is 0. The van der Waals surface area contributed by atoms with E-state index in [1.807, 2.05) is 19.9 Å². The number of carboxylic acids is 1. The van der Waals surface area contributed by atoms with Crippen molar-refractivity contribution in [2.45, 2.75) is 72.2 Å². The second kappa shape index (κ2) is 9.58. The van der Waals surface area contributed by atoms with Crippen molar-refractivity contribution in [1.29, 1.82) is 0 Å². The zero-order valence-electron chi connectivity index (χ0n) is 22.0. The topological polar surface area (TPSA) is 83.5 Å². The molecule has 1 aromatic carbocycles. The summed E-state index contributed by atoms with van der Waals surface area (Å²) in [5, 5.41) is 9.74. The van der Waals surface area contributed by atoms with Crippen LogP contribution in [0.25, 0.3) is 5.76 Å². The number of ether oxygens (including phenoxy) is 4. The van der Waals surface area contributed by atoms with E-state index in [9.17, 15) is 9.90 Å². The molecular formula is C25H40O7Si. The summed E-state index contributed by atoms with van der Waals surface area (Å²) < 4.78 is 29.8. The van der Waals surface area contributed by atoms with Gasteiger partial charge in [0.1, 0.15) is 17.6 Å². The summed E-state index contributed by atoms with van der Waals surface area (Å²) in [6.07, 6.45) is 1.60. The van der Waals surface area contributed by atoms with Gasteiger partial charge in [-0.3, -0.25) is 4.79 Å². The Morgan fingerprint density at radius 3 is 2.12 bits per heavy atom. The Bertz CT molecular complexity index is 930. The molecule has 1 N–H and O–H groups in total. The van der Waals surface area contributed by atoms with Crippen molar-refractivity contribution in [3.63, 3.8) is 0 Å². The van der Waals surface area contributed by atoms with Gasteiger partial charge in [-0.25, -0.2) is 0 Å². The minimum Gasteiger partial charge on any atom is -0.496 e. The predicted octanol–water partition coefficient (Wildman–Crippen LogP) is 5.44. The SMILES string of the molecule is COc1c(C)c(OC)c(C2=C[C@@](C)(CO[Si](C)(C)C(C)(C)C)[C@@H](C)O2)c(CC(=O)O)c1OC. The fourth-order valence-electron chi connectivity index (χ4n) is 3.76. The summed E-state index contributed by atoms with van der Waals surface area (Å²) in [6.45, 7) is 17.6. The fraction of sp³-hybridized carbons (Fsp3) is 0.640. The lowest BCUT2D eigenvalue weighted by molar-refractivity contribution is -0.136. The number of hydrogen-bond acceptors (Lipinski definition) is 6. The van der Waals surface area contributed by atoms with E-state index in [2.05, 4.69) is 40.8 Å². The zero-order valence-corrected chi connectivity index (χ0v) is 23.0. The van der Waals surface area contributed by atoms with Gasteiger partial charge in [0.05, 0.1) is 33.3 Å². The molecule has 0 bridgehead atoms. The molecule has 2 atom stereocenters. The first-order valence-electron chi connectivity index (χ1n) is 11.2. The van der Waals surface area contributed by atoms with Crippen LogP contribution in [0.5, 0.6) is 17.2 Å². The summed E-state index contributed by atoms with van der Waals surface area (Å²) in [7, 11) is 2.62. The van der Waals surface area contributed by atoms with Gasteiger partial charge in [0.15, 0.2) is 19.8 Å². The van der Waals surface area contributed by atoms with Crippen LogP contribution >= 0.6 is 0 Å². The molecule has 0 aliphatic carbocycles. The molecule has 0 saturated carbocycles. The third kappa shape index (κ3) is 5.16. The van der Waals surface area contributed by atoms with Gasteiger partial charge in [0.2, 0.25) is 0 Å². The molecule has 1 aliphatic heterocycles. The number of carbonyl (C=O) groups is 1. The number of benzene rings is 1. The van der Waals surface area contributed by atoms with Crippen LogP contribution in [-0.2, 0) is 20.4 Å². The summed E-state index contributed by atoms with van der Waals surface area (Å²) in [5.74, 6) is 0.914. The Labute approximate surface area is 199 Å². The second-order valence-corrected chi connectivity index (χ2v) is 15.3. The average Bonchev–Trinajstić information content (AvgIpc) is 3.00. The van der Waals surface area contributed by atoms with Gasteiger partial charge in [-0.1, -0.05) is 27.7 Å². The summed E-state index contributed by atoms with van der Waals surface area (Å²) in [6, 6.07) is 0. The number of carboxylic acid groups (broad SMARTS) is 1. The van der Waals surface area contributed by atoms with E-state index in [-0.39, 0.29) is 17.6 Å². The lowest BCUT2D eigenvalue weighted by atomic mass is 9.86. The molecule has 1 aliphatic rings. The van der Waals surface area contributed by atoms with Crippen molar-refractivity contribution in [2.24, 2.45) is 5.41 Å². The smallest absolute Gasteiger partial charge is 0.307 e. The summed E-state index contributed by atoms with van der Waals surface area (Å²) in [4.78, 5) is 11.8. The van der Waals surface area contributed by atoms with Gasteiger partial charge in [-0.05, 0) is 38.1 Å². The third-order valence-electron chi connectivity index (χ3n) is 7.12. The van der Waals surface area contributed by atoms with Crippen molar-refractivity contribution in [3.05, 3.63) is 22.8 Å². The predicted molar refractivity (Wildman–Crippen MR) is 132 cm³/mol. The van der Waals surface area contributed by atoms with Crippen molar-refractivity contribution in [3.8, 4) is 17.2 Å². The van der Waals surface area contributed by atoms with Gasteiger partial charge >= 0.3 is 5.97 Å². The molecule has 0 saturated heterocycles. The van der Waals surface area contributed by atoms with Gasteiger partial charge in [0, 0.05) is 23.1 Å². The fourth-order valence-corrected chi connectivity index (χ4v) is 4.87. The maximum atomic E-state index is 11.8. The van der Waals surface area contributed by atoms with Crippen LogP contribution in [0.3, 0.4) is 0 Å². The Kier molecular flexibility index (Phi) is 7.86. The third-order valence-corrected chi connectivity index (χ3v) is 11.6. The monoisotopic (exact) mass is 480 g/mol. The van der Waals surface area contributed by atoms with Crippen LogP contribution in [0.15, 0.2) is 6.08 Å². The molecule has 8 heteroatoms. The van der Waals surface area contributed by atoms with Gasteiger partial charge in [0.25, 0.3) is 0 Å². The molecule has 1 heterocycles. The van der Waals surface area contributed by atoms with Gasteiger partial charge < -0.3 is 28.5 Å². The number of hydrogen-bond donors (Lipinski definition) is 1. The highest BCUT2D eigenvalue weighted by Crippen LogP contribution is 2.50. The molecule has 0 unspecified atom stereocenters. The molecule has 33 heavy (non-hydrogen) atoms. The first-order valence-corrected chi connectivity index (χ1v) is 14.1. The number of aliphatic carboxylic acids is 1. The Morgan fingerprint density at radius 2 is 1.67 bits per heavy atom. The van der Waals surface area contributed by atoms with E-state index in [1.54, 1.807) is 7.11 Å². The van der Waals surface area contributed by atoms with E-state index in [0.29, 0.717) is 46.3 Å². The Balaban J connectivity index is 2.65. The van der Waals surface area contributed by atoms with Crippen molar-refractivity contribution in [2.75, 3.05) is 27.9 Å². The molecular weight excluding hydrogens is 440 g/mol. The largest absolute Gasteiger partial charge is 0.496 e. The molecule has 0 aromatic heterocycles. The van der Waals surface area contributed by atoms with Crippen molar-refractivity contribution < 1.29 is 33.3 Å². The minimum absolute atomic E-state index is 0.0942. The van der Waals surface area contributed by atoms with E-state index in [1.165, 1.54) is 14.2 Å². The highest BCUT2D eigenvalue weighted by Gasteiger charge is 2.44. The zero-order chi connectivity index (χ0) is 25.4. The van der Waals surface area contributed by atoms with E-state index < -0.39 is 19.7 Å². The Hall–Kier alpha value is -2.19. The molecule has 0 amide bonds. The van der Waals surface area contributed by atoms with Crippen molar-refractivity contribution >= 4 is 20.0 Å². The maximum Gasteiger partial charge on any atom is 0.307 e. The average molecular weight is 481 g/mol. The van der Waals surface area contributed by atoms with Gasteiger partial charge in [-0.15, -0.1) is 0 Å². The van der Waals surface area contributed by atoms with Crippen LogP contribution in [0.2, 0.25) is 18.1 Å². The first kappa shape index (κ1) is 27.1.